The second-order valence-corrected chi connectivity index (χ2v) is 4.17. The van der Waals surface area contributed by atoms with Crippen LogP contribution in [0, 0.1) is 0 Å². The molecule has 3 rings (SSSR count). The third-order valence-electron chi connectivity index (χ3n) is 3.01. The fraction of sp³-hybridized carbons (Fsp3) is 0.250. The monoisotopic (exact) mass is 246 g/mol. The van der Waals surface area contributed by atoms with Crippen LogP contribution in [-0.4, -0.2) is 42.0 Å². The lowest BCUT2D eigenvalue weighted by molar-refractivity contribution is 0.0558. The van der Waals surface area contributed by atoms with Crippen molar-refractivity contribution in [2.75, 3.05) is 13.1 Å². The normalized spacial score (nSPS) is 21.9. The molecule has 2 aliphatic heterocycles. The zero-order chi connectivity index (χ0) is 12.7. The summed E-state index contributed by atoms with van der Waals surface area (Å²) in [5.74, 6) is -0.669. The number of hydrogen-bond donors (Lipinski definition) is 1. The molecular weight excluding hydrogens is 236 g/mol. The number of hydrogen-bond acceptors (Lipinski definition) is 4. The Morgan fingerprint density at radius 3 is 2.28 bits per heavy atom. The van der Waals surface area contributed by atoms with E-state index in [0.29, 0.717) is 17.7 Å². The highest BCUT2D eigenvalue weighted by molar-refractivity contribution is 6.21. The zero-order valence-corrected chi connectivity index (χ0v) is 9.38. The van der Waals surface area contributed by atoms with E-state index in [1.807, 2.05) is 0 Å². The number of nitrogens with one attached hydrogen (secondary N) is 1. The van der Waals surface area contributed by atoms with E-state index in [2.05, 4.69) is 5.32 Å². The molecule has 0 aromatic heterocycles. The number of carbonyl (C=O) groups is 3. The maximum atomic E-state index is 12.0. The average Bonchev–Trinajstić information content (AvgIpc) is 2.88. The van der Waals surface area contributed by atoms with E-state index >= 15 is 0 Å². The summed E-state index contributed by atoms with van der Waals surface area (Å²) in [5.41, 5.74) is 0.805. The van der Waals surface area contributed by atoms with Gasteiger partial charge in [-0.05, 0) is 12.1 Å². The molecule has 6 nitrogen and oxygen atoms in total. The van der Waals surface area contributed by atoms with Crippen molar-refractivity contribution in [3.05, 3.63) is 35.4 Å². The Kier molecular flexibility index (Phi) is 2.29. The number of alkyl carbamates (subject to hydrolysis) is 1. The Labute approximate surface area is 103 Å². The van der Waals surface area contributed by atoms with Gasteiger partial charge in [-0.1, -0.05) is 12.1 Å². The predicted octanol–water partition coefficient (Wildman–Crippen LogP) is 0.391. The molecule has 18 heavy (non-hydrogen) atoms. The Morgan fingerprint density at radius 2 is 1.78 bits per heavy atom. The second-order valence-electron chi connectivity index (χ2n) is 4.17. The highest BCUT2D eigenvalue weighted by Crippen LogP contribution is 2.23. The van der Waals surface area contributed by atoms with Crippen LogP contribution in [-0.2, 0) is 4.74 Å². The van der Waals surface area contributed by atoms with Gasteiger partial charge in [-0.2, -0.15) is 0 Å². The molecule has 0 aliphatic carbocycles. The summed E-state index contributed by atoms with van der Waals surface area (Å²) < 4.78 is 4.92. The van der Waals surface area contributed by atoms with Gasteiger partial charge in [0, 0.05) is 0 Å². The third-order valence-corrected chi connectivity index (χ3v) is 3.01. The van der Waals surface area contributed by atoms with Gasteiger partial charge >= 0.3 is 6.09 Å². The van der Waals surface area contributed by atoms with Crippen LogP contribution in [0.3, 0.4) is 0 Å². The number of rotatable bonds is 2. The molecule has 0 unspecified atom stereocenters. The number of amides is 3. The molecular formula is C12H10N2O4. The van der Waals surface area contributed by atoms with E-state index in [-0.39, 0.29) is 18.4 Å². The number of fused-ring (bicyclic) bond motifs is 1. The summed E-state index contributed by atoms with van der Waals surface area (Å²) in [4.78, 5) is 36.0. The van der Waals surface area contributed by atoms with Gasteiger partial charge in [0.2, 0.25) is 0 Å². The van der Waals surface area contributed by atoms with Gasteiger partial charge in [0.1, 0.15) is 6.10 Å². The van der Waals surface area contributed by atoms with E-state index in [9.17, 15) is 14.4 Å². The lowest BCUT2D eigenvalue weighted by atomic mass is 10.1. The molecule has 1 atom stereocenters. The highest BCUT2D eigenvalue weighted by atomic mass is 16.6. The Bertz CT molecular complexity index is 520. The van der Waals surface area contributed by atoms with Crippen molar-refractivity contribution in [1.82, 2.24) is 10.2 Å². The Morgan fingerprint density at radius 1 is 1.17 bits per heavy atom. The topological polar surface area (TPSA) is 75.7 Å². The molecule has 92 valence electrons. The van der Waals surface area contributed by atoms with Crippen molar-refractivity contribution in [2.24, 2.45) is 0 Å². The number of carbonyl (C=O) groups excluding carboxylic acids is 3. The van der Waals surface area contributed by atoms with Crippen molar-refractivity contribution in [1.29, 1.82) is 0 Å². The fourth-order valence-corrected chi connectivity index (χ4v) is 2.14. The molecule has 2 aliphatic rings. The minimum atomic E-state index is -0.517. The van der Waals surface area contributed by atoms with Crippen LogP contribution >= 0.6 is 0 Å². The van der Waals surface area contributed by atoms with Crippen LogP contribution < -0.4 is 5.32 Å². The van der Waals surface area contributed by atoms with E-state index in [1.165, 1.54) is 0 Å². The van der Waals surface area contributed by atoms with Gasteiger partial charge in [-0.3, -0.25) is 14.5 Å². The van der Waals surface area contributed by atoms with Gasteiger partial charge in [0.25, 0.3) is 11.8 Å². The summed E-state index contributed by atoms with van der Waals surface area (Å²) in [6.07, 6.45) is -0.990. The Hall–Kier alpha value is -2.37. The molecule has 0 saturated carbocycles. The van der Waals surface area contributed by atoms with Gasteiger partial charge < -0.3 is 10.1 Å². The quantitative estimate of drug-likeness (QED) is 0.766. The number of imide groups is 1. The van der Waals surface area contributed by atoms with Crippen molar-refractivity contribution in [3.63, 3.8) is 0 Å². The predicted molar refractivity (Wildman–Crippen MR) is 60.1 cm³/mol. The lowest BCUT2D eigenvalue weighted by Crippen LogP contribution is -2.38. The third kappa shape index (κ3) is 1.54. The van der Waals surface area contributed by atoms with Crippen molar-refractivity contribution in [2.45, 2.75) is 6.10 Å². The number of benzene rings is 1. The summed E-state index contributed by atoms with van der Waals surface area (Å²) >= 11 is 0. The first-order valence-corrected chi connectivity index (χ1v) is 5.56. The van der Waals surface area contributed by atoms with E-state index < -0.39 is 12.2 Å². The molecule has 1 N–H and O–H groups in total. The fourth-order valence-electron chi connectivity index (χ4n) is 2.14. The standard InChI is InChI=1S/C12H10N2O4/c15-10-8-3-1-2-4-9(8)11(16)14(10)6-7-5-13-12(17)18-7/h1-4,7H,5-6H2,(H,13,17)/t7-/m1/s1. The van der Waals surface area contributed by atoms with Crippen LogP contribution in [0.25, 0.3) is 0 Å². The first-order chi connectivity index (χ1) is 8.66. The zero-order valence-electron chi connectivity index (χ0n) is 9.38. The lowest BCUT2D eigenvalue weighted by Gasteiger charge is -2.16. The first-order valence-electron chi connectivity index (χ1n) is 5.56. The summed E-state index contributed by atoms with van der Waals surface area (Å²) in [5, 5.41) is 2.48. The van der Waals surface area contributed by atoms with Gasteiger partial charge in [-0.15, -0.1) is 0 Å². The maximum Gasteiger partial charge on any atom is 0.407 e. The largest absolute Gasteiger partial charge is 0.442 e. The minimum Gasteiger partial charge on any atom is -0.442 e. The van der Waals surface area contributed by atoms with Crippen molar-refractivity contribution >= 4 is 17.9 Å². The van der Waals surface area contributed by atoms with Crippen LogP contribution in [0.5, 0.6) is 0 Å². The van der Waals surface area contributed by atoms with Crippen molar-refractivity contribution in [3.8, 4) is 0 Å². The molecule has 1 fully saturated rings. The summed E-state index contributed by atoms with van der Waals surface area (Å²) in [7, 11) is 0. The molecule has 0 spiro atoms. The van der Waals surface area contributed by atoms with E-state index in [0.717, 1.165) is 4.90 Å². The Balaban J connectivity index is 1.82. The molecule has 1 aromatic rings. The molecule has 6 heteroatoms. The number of cyclic esters (lactones) is 1. The maximum absolute atomic E-state index is 12.0. The number of nitrogens with zero attached hydrogens (tertiary/aromatic N) is 1. The number of ether oxygens (including phenoxy) is 1. The van der Waals surface area contributed by atoms with E-state index in [1.54, 1.807) is 24.3 Å². The molecule has 0 bridgehead atoms. The molecule has 3 amide bonds. The van der Waals surface area contributed by atoms with Gasteiger partial charge in [0.05, 0.1) is 24.2 Å². The molecule has 2 heterocycles. The van der Waals surface area contributed by atoms with Crippen LogP contribution in [0.2, 0.25) is 0 Å². The summed E-state index contributed by atoms with van der Waals surface area (Å²) in [6.45, 7) is 0.400. The van der Waals surface area contributed by atoms with Crippen molar-refractivity contribution < 1.29 is 19.1 Å². The highest BCUT2D eigenvalue weighted by Gasteiger charge is 2.38. The van der Waals surface area contributed by atoms with Gasteiger partial charge in [-0.25, -0.2) is 4.79 Å². The van der Waals surface area contributed by atoms with Gasteiger partial charge in [0.15, 0.2) is 0 Å². The van der Waals surface area contributed by atoms with E-state index in [4.69, 9.17) is 4.74 Å². The van der Waals surface area contributed by atoms with Crippen LogP contribution in [0.15, 0.2) is 24.3 Å². The van der Waals surface area contributed by atoms with Crippen LogP contribution in [0.4, 0.5) is 4.79 Å². The minimum absolute atomic E-state index is 0.0884. The smallest absolute Gasteiger partial charge is 0.407 e. The summed E-state index contributed by atoms with van der Waals surface area (Å²) in [6, 6.07) is 6.66. The SMILES string of the molecule is O=C1NC[C@H](CN2C(=O)c3ccccc3C2=O)O1. The molecule has 1 aromatic carbocycles. The second kappa shape index (κ2) is 3.83. The molecule has 1 saturated heterocycles. The molecule has 0 radical (unpaired) electrons. The average molecular weight is 246 g/mol. The first kappa shape index (κ1) is 10.8. The van der Waals surface area contributed by atoms with Crippen LogP contribution in [0.1, 0.15) is 20.7 Å².